The molecule has 1 aliphatic rings. The summed E-state index contributed by atoms with van der Waals surface area (Å²) in [5.74, 6) is 0.365. The molecule has 142 valence electrons. The van der Waals surface area contributed by atoms with E-state index in [-0.39, 0.29) is 24.2 Å². The number of anilines is 2. The van der Waals surface area contributed by atoms with Crippen molar-refractivity contribution < 1.29 is 9.59 Å². The number of nitrogens with one attached hydrogen (secondary N) is 1. The maximum Gasteiger partial charge on any atom is 0.229 e. The van der Waals surface area contributed by atoms with Crippen LogP contribution in [-0.2, 0) is 9.59 Å². The second-order valence-electron chi connectivity index (χ2n) is 7.88. The van der Waals surface area contributed by atoms with E-state index in [1.165, 1.54) is 5.56 Å². The first kappa shape index (κ1) is 19.2. The Kier molecular flexibility index (Phi) is 5.64. The van der Waals surface area contributed by atoms with Crippen LogP contribution in [0.25, 0.3) is 0 Å². The van der Waals surface area contributed by atoms with E-state index < -0.39 is 0 Å². The van der Waals surface area contributed by atoms with Crippen LogP contribution < -0.4 is 10.2 Å². The van der Waals surface area contributed by atoms with Gasteiger partial charge in [0.15, 0.2) is 0 Å². The summed E-state index contributed by atoms with van der Waals surface area (Å²) < 4.78 is 0. The van der Waals surface area contributed by atoms with Crippen LogP contribution in [0.4, 0.5) is 11.4 Å². The maximum absolute atomic E-state index is 12.7. The lowest BCUT2D eigenvalue weighted by molar-refractivity contribution is -0.122. The molecule has 2 aromatic rings. The largest absolute Gasteiger partial charge is 0.326 e. The van der Waals surface area contributed by atoms with Gasteiger partial charge in [-0.3, -0.25) is 9.59 Å². The van der Waals surface area contributed by atoms with Crippen LogP contribution in [0.3, 0.4) is 0 Å². The number of nitrogens with zero attached hydrogens (tertiary/aromatic N) is 1. The van der Waals surface area contributed by atoms with Gasteiger partial charge >= 0.3 is 0 Å². The highest BCUT2D eigenvalue weighted by molar-refractivity contribution is 6.03. The van der Waals surface area contributed by atoms with Crippen LogP contribution in [-0.4, -0.2) is 18.4 Å². The van der Waals surface area contributed by atoms with Crippen molar-refractivity contribution in [3.63, 3.8) is 0 Å². The van der Waals surface area contributed by atoms with Gasteiger partial charge in [-0.05, 0) is 41.2 Å². The molecule has 0 aliphatic carbocycles. The highest BCUT2D eigenvalue weighted by Crippen LogP contribution is 2.32. The van der Waals surface area contributed by atoms with Crippen LogP contribution in [0.5, 0.6) is 0 Å². The highest BCUT2D eigenvalue weighted by atomic mass is 16.2. The number of amides is 2. The van der Waals surface area contributed by atoms with E-state index in [4.69, 9.17) is 0 Å². The van der Waals surface area contributed by atoms with Crippen molar-refractivity contribution in [2.24, 2.45) is 5.92 Å². The van der Waals surface area contributed by atoms with Crippen molar-refractivity contribution in [3.8, 4) is 0 Å². The monoisotopic (exact) mass is 364 g/mol. The molecule has 0 radical (unpaired) electrons. The highest BCUT2D eigenvalue weighted by Gasteiger charge is 2.36. The van der Waals surface area contributed by atoms with Gasteiger partial charge < -0.3 is 10.2 Å². The molecule has 3 rings (SSSR count). The molecular weight excluding hydrogens is 336 g/mol. The molecular formula is C23H28N2O2. The van der Waals surface area contributed by atoms with Crippen molar-refractivity contribution in [1.82, 2.24) is 0 Å². The smallest absolute Gasteiger partial charge is 0.229 e. The third kappa shape index (κ3) is 4.21. The zero-order valence-electron chi connectivity index (χ0n) is 16.5. The standard InChI is InChI=1S/C23H28N2O2/c1-15(2)17-9-11-19(12-10-17)24-23(27)18-13-22(26)25(14-18)21-8-6-5-7-20(21)16(3)4/h5-12,15-16,18H,13-14H2,1-4H3,(H,24,27). The van der Waals surface area contributed by atoms with Gasteiger partial charge in [0.2, 0.25) is 11.8 Å². The number of carbonyl (C=O) groups is 2. The summed E-state index contributed by atoms with van der Waals surface area (Å²) in [6, 6.07) is 15.9. The number of hydrogen-bond donors (Lipinski definition) is 1. The van der Waals surface area contributed by atoms with E-state index in [2.05, 4.69) is 39.1 Å². The molecule has 0 bridgehead atoms. The first-order chi connectivity index (χ1) is 12.9. The normalized spacial score (nSPS) is 17.0. The molecule has 1 N–H and O–H groups in total. The van der Waals surface area contributed by atoms with Crippen molar-refractivity contribution in [2.75, 3.05) is 16.8 Å². The van der Waals surface area contributed by atoms with Crippen LogP contribution in [0.1, 0.15) is 57.1 Å². The maximum atomic E-state index is 12.7. The number of benzene rings is 2. The SMILES string of the molecule is CC(C)c1ccc(NC(=O)C2CC(=O)N(c3ccccc3C(C)C)C2)cc1. The summed E-state index contributed by atoms with van der Waals surface area (Å²) >= 11 is 0. The van der Waals surface area contributed by atoms with Crippen molar-refractivity contribution in [1.29, 1.82) is 0 Å². The van der Waals surface area contributed by atoms with Crippen LogP contribution in [0.2, 0.25) is 0 Å². The Hall–Kier alpha value is -2.62. The van der Waals surface area contributed by atoms with E-state index in [0.29, 0.717) is 18.4 Å². The Morgan fingerprint density at radius 3 is 2.30 bits per heavy atom. The predicted molar refractivity (Wildman–Crippen MR) is 110 cm³/mol. The molecule has 4 heteroatoms. The molecule has 1 atom stereocenters. The first-order valence-corrected chi connectivity index (χ1v) is 9.67. The molecule has 1 aliphatic heterocycles. The van der Waals surface area contributed by atoms with E-state index >= 15 is 0 Å². The van der Waals surface area contributed by atoms with Gasteiger partial charge in [0.25, 0.3) is 0 Å². The van der Waals surface area contributed by atoms with Crippen LogP contribution in [0.15, 0.2) is 48.5 Å². The third-order valence-electron chi connectivity index (χ3n) is 5.19. The summed E-state index contributed by atoms with van der Waals surface area (Å²) in [7, 11) is 0. The number of carbonyl (C=O) groups excluding carboxylic acids is 2. The summed E-state index contributed by atoms with van der Waals surface area (Å²) in [5, 5.41) is 2.96. The molecule has 0 aromatic heterocycles. The van der Waals surface area contributed by atoms with Gasteiger partial charge in [-0.1, -0.05) is 58.0 Å². The topological polar surface area (TPSA) is 49.4 Å². The Morgan fingerprint density at radius 1 is 1.00 bits per heavy atom. The minimum Gasteiger partial charge on any atom is -0.326 e. The number of hydrogen-bond acceptors (Lipinski definition) is 2. The average molecular weight is 364 g/mol. The van der Waals surface area contributed by atoms with E-state index in [1.807, 2.05) is 42.5 Å². The van der Waals surface area contributed by atoms with Crippen molar-refractivity contribution >= 4 is 23.2 Å². The third-order valence-corrected chi connectivity index (χ3v) is 5.19. The minimum atomic E-state index is -0.331. The molecule has 1 fully saturated rings. The summed E-state index contributed by atoms with van der Waals surface area (Å²) in [6.07, 6.45) is 0.252. The fourth-order valence-corrected chi connectivity index (χ4v) is 3.53. The Morgan fingerprint density at radius 2 is 1.67 bits per heavy atom. The van der Waals surface area contributed by atoms with E-state index in [9.17, 15) is 9.59 Å². The first-order valence-electron chi connectivity index (χ1n) is 9.67. The second kappa shape index (κ2) is 7.95. The van der Waals surface area contributed by atoms with Gasteiger partial charge in [0.1, 0.15) is 0 Å². The molecule has 4 nitrogen and oxygen atoms in total. The molecule has 1 heterocycles. The lowest BCUT2D eigenvalue weighted by Crippen LogP contribution is -2.29. The predicted octanol–water partition coefficient (Wildman–Crippen LogP) is 4.93. The van der Waals surface area contributed by atoms with Gasteiger partial charge in [0.05, 0.1) is 5.92 Å². The van der Waals surface area contributed by atoms with Crippen molar-refractivity contribution in [2.45, 2.75) is 46.0 Å². The fourth-order valence-electron chi connectivity index (χ4n) is 3.53. The fraction of sp³-hybridized carbons (Fsp3) is 0.391. The molecule has 2 aromatic carbocycles. The molecule has 0 saturated carbocycles. The molecule has 1 unspecified atom stereocenters. The zero-order chi connectivity index (χ0) is 19.6. The van der Waals surface area contributed by atoms with E-state index in [1.54, 1.807) is 4.90 Å². The summed E-state index contributed by atoms with van der Waals surface area (Å²) in [5.41, 5.74) is 4.07. The Labute approximate surface area is 161 Å². The van der Waals surface area contributed by atoms with Gasteiger partial charge in [-0.15, -0.1) is 0 Å². The van der Waals surface area contributed by atoms with Gasteiger partial charge in [0, 0.05) is 24.3 Å². The van der Waals surface area contributed by atoms with Gasteiger partial charge in [-0.25, -0.2) is 0 Å². The lowest BCUT2D eigenvalue weighted by Gasteiger charge is -2.22. The summed E-state index contributed by atoms with van der Waals surface area (Å²) in [4.78, 5) is 27.0. The average Bonchev–Trinajstić information content (AvgIpc) is 3.04. The Bertz CT molecular complexity index is 825. The minimum absolute atomic E-state index is 0.0124. The molecule has 2 amide bonds. The number of rotatable bonds is 5. The molecule has 27 heavy (non-hydrogen) atoms. The quantitative estimate of drug-likeness (QED) is 0.818. The zero-order valence-corrected chi connectivity index (χ0v) is 16.5. The summed E-state index contributed by atoms with van der Waals surface area (Å²) in [6.45, 7) is 8.94. The number of para-hydroxylation sites is 1. The van der Waals surface area contributed by atoms with Crippen LogP contribution in [0, 0.1) is 5.92 Å². The second-order valence-corrected chi connectivity index (χ2v) is 7.88. The van der Waals surface area contributed by atoms with E-state index in [0.717, 1.165) is 16.9 Å². The lowest BCUT2D eigenvalue weighted by atomic mass is 10.0. The molecule has 0 spiro atoms. The molecule has 1 saturated heterocycles. The van der Waals surface area contributed by atoms with Crippen LogP contribution >= 0.6 is 0 Å². The van der Waals surface area contributed by atoms with Crippen molar-refractivity contribution in [3.05, 3.63) is 59.7 Å². The Balaban J connectivity index is 1.71. The van der Waals surface area contributed by atoms with Gasteiger partial charge in [-0.2, -0.15) is 0 Å².